The third-order valence-corrected chi connectivity index (χ3v) is 17.1. The zero-order valence-electron chi connectivity index (χ0n) is 56.0. The number of carbonyl (C=O) groups is 9. The number of hydrogen-bond donors (Lipinski definition) is 2. The SMILES string of the molecule is O=C(OC[C@H]1O[C@H](O[C@H]2[C@@H](OC(=O)c3ccccc3)[C@H](OC(=O)c3ccccc3)[C@@H](COC(=O)c3ccccc3)O[C@@H]2O)[C@@H](O[C@H]2O[C@H](COC(=O)c3ccccc3)[C@@H](OC(=O)c3ccccc3)[C@H](OC(=O)c3ccccc3)[C@H]2O)[C@@H](OC(=O)c2ccccc2)[C@@H]1OC(=O)c1ccccc1)c1ccccc1. The number of rotatable bonds is 25. The largest absolute Gasteiger partial charge is 0.459 e. The third kappa shape index (κ3) is 18.5. The van der Waals surface area contributed by atoms with Crippen LogP contribution in [0.2, 0.25) is 0 Å². The summed E-state index contributed by atoms with van der Waals surface area (Å²) < 4.78 is 88.8. The summed E-state index contributed by atoms with van der Waals surface area (Å²) in [7, 11) is 0. The summed E-state index contributed by atoms with van der Waals surface area (Å²) in [4.78, 5) is 130. The van der Waals surface area contributed by atoms with Crippen molar-refractivity contribution in [2.75, 3.05) is 19.8 Å². The Kier molecular flexibility index (Phi) is 24.6. The zero-order chi connectivity index (χ0) is 73.9. The van der Waals surface area contributed by atoms with Gasteiger partial charge >= 0.3 is 53.7 Å². The number of benzene rings is 9. The van der Waals surface area contributed by atoms with Gasteiger partial charge in [0.15, 0.2) is 67.7 Å². The summed E-state index contributed by atoms with van der Waals surface area (Å²) in [5.74, 6) is -9.32. The lowest BCUT2D eigenvalue weighted by Gasteiger charge is -2.50. The lowest BCUT2D eigenvalue weighted by Crippen LogP contribution is -2.68. The summed E-state index contributed by atoms with van der Waals surface area (Å²) in [6.07, 6.45) is -31.7. The Bertz CT molecular complexity index is 4430. The molecule has 542 valence electrons. The van der Waals surface area contributed by atoms with Gasteiger partial charge in [-0.3, -0.25) is 0 Å². The molecule has 3 aliphatic heterocycles. The van der Waals surface area contributed by atoms with Crippen molar-refractivity contribution in [1.82, 2.24) is 0 Å². The molecule has 0 radical (unpaired) electrons. The first-order valence-corrected chi connectivity index (χ1v) is 33.5. The Morgan fingerprint density at radius 1 is 0.236 bits per heavy atom. The van der Waals surface area contributed by atoms with Crippen molar-refractivity contribution in [2.24, 2.45) is 0 Å². The van der Waals surface area contributed by atoms with Crippen LogP contribution < -0.4 is 0 Å². The molecule has 9 aromatic carbocycles. The molecule has 2 N–H and O–H groups in total. The minimum atomic E-state index is -2.39. The molecule has 25 heteroatoms. The summed E-state index contributed by atoms with van der Waals surface area (Å²) in [6.45, 7) is -2.57. The molecule has 0 aromatic heterocycles. The first-order valence-electron chi connectivity index (χ1n) is 33.5. The van der Waals surface area contributed by atoms with Gasteiger partial charge in [-0.2, -0.15) is 0 Å². The van der Waals surface area contributed by atoms with E-state index in [1.165, 1.54) is 170 Å². The van der Waals surface area contributed by atoms with Crippen LogP contribution in [0.3, 0.4) is 0 Å². The first kappa shape index (κ1) is 73.7. The third-order valence-electron chi connectivity index (χ3n) is 17.1. The van der Waals surface area contributed by atoms with Gasteiger partial charge in [0.25, 0.3) is 0 Å². The molecule has 12 rings (SSSR count). The molecule has 0 saturated carbocycles. The van der Waals surface area contributed by atoms with Crippen LogP contribution in [0.5, 0.6) is 0 Å². The minimum absolute atomic E-state index is 0.0238. The molecule has 3 saturated heterocycles. The van der Waals surface area contributed by atoms with E-state index in [0.29, 0.717) is 0 Å². The average molecular weight is 1440 g/mol. The fraction of sp³-hybridized carbons (Fsp3) is 0.222. The van der Waals surface area contributed by atoms with E-state index in [1.54, 1.807) is 103 Å². The molecule has 3 aliphatic rings. The van der Waals surface area contributed by atoms with E-state index in [2.05, 4.69) is 0 Å². The highest BCUT2D eigenvalue weighted by atomic mass is 16.8. The summed E-state index contributed by atoms with van der Waals surface area (Å²) in [6, 6.07) is 67.9. The van der Waals surface area contributed by atoms with Crippen LogP contribution in [0.1, 0.15) is 93.2 Å². The normalized spacial score (nSPS) is 23.9. The highest BCUT2D eigenvalue weighted by molar-refractivity contribution is 5.94. The van der Waals surface area contributed by atoms with Crippen molar-refractivity contribution in [3.63, 3.8) is 0 Å². The lowest BCUT2D eigenvalue weighted by molar-refractivity contribution is -0.388. The molecular weight excluding hydrogens is 1370 g/mol. The van der Waals surface area contributed by atoms with Crippen LogP contribution in [-0.4, -0.2) is 176 Å². The van der Waals surface area contributed by atoms with Crippen LogP contribution in [0.15, 0.2) is 273 Å². The van der Waals surface area contributed by atoms with E-state index < -0.39 is 166 Å². The van der Waals surface area contributed by atoms with Gasteiger partial charge in [0.2, 0.25) is 0 Å². The Hall–Kier alpha value is -12.1. The van der Waals surface area contributed by atoms with Crippen LogP contribution in [0.25, 0.3) is 0 Å². The van der Waals surface area contributed by atoms with Gasteiger partial charge in [0.1, 0.15) is 44.2 Å². The maximum Gasteiger partial charge on any atom is 0.338 e. The van der Waals surface area contributed by atoms with E-state index in [4.69, 9.17) is 66.3 Å². The number of hydrogen-bond acceptors (Lipinski definition) is 25. The average Bonchev–Trinajstić information content (AvgIpc) is 0.760. The minimum Gasteiger partial charge on any atom is -0.459 e. The van der Waals surface area contributed by atoms with Crippen LogP contribution >= 0.6 is 0 Å². The molecule has 0 unspecified atom stereocenters. The molecule has 0 aliphatic carbocycles. The zero-order valence-corrected chi connectivity index (χ0v) is 56.0. The van der Waals surface area contributed by atoms with Gasteiger partial charge in [-0.1, -0.05) is 164 Å². The summed E-state index contributed by atoms with van der Waals surface area (Å²) in [5, 5.41) is 25.9. The standard InChI is InChI=1S/C81H68O25/c82-61-65(102-76(89)55-40-22-7-23-41-55)62(99-73(86)52-34-16-4-17-35-52)59(47-94-71(84)50-30-12-2-13-31-50)97-80(61)106-69-67(104-78(91)57-44-26-9-27-45-57)64(101-75(88)54-38-20-6-21-39-54)60(48-95-72(85)51-32-14-3-15-33-51)98-81(69)105-68-66(103-77(90)56-42-24-8-25-43-56)63(100-74(87)53-36-18-5-19-37-53)58(96-79(68)92)46-93-70(83)49-28-10-1-11-29-49/h1-45,58-69,79-82,92H,46-48H2/t58-,59-,60-,61-,62-,63-,64-,65-,66+,67+,68+,69+,79+,80-,81-/m1/s1. The first-order chi connectivity index (χ1) is 51.6. The fourth-order valence-electron chi connectivity index (χ4n) is 11.8. The van der Waals surface area contributed by atoms with Crippen molar-refractivity contribution in [3.8, 4) is 0 Å². The van der Waals surface area contributed by atoms with E-state index >= 15 is 4.79 Å². The Morgan fingerprint density at radius 2 is 0.443 bits per heavy atom. The van der Waals surface area contributed by atoms with Crippen LogP contribution in [-0.2, 0) is 66.3 Å². The van der Waals surface area contributed by atoms with Crippen molar-refractivity contribution >= 4 is 53.7 Å². The fourth-order valence-corrected chi connectivity index (χ4v) is 11.8. The van der Waals surface area contributed by atoms with E-state index in [-0.39, 0.29) is 50.1 Å². The number of ether oxygens (including phenoxy) is 14. The second-order valence-electron chi connectivity index (χ2n) is 24.2. The molecule has 25 nitrogen and oxygen atoms in total. The number of aliphatic hydroxyl groups excluding tert-OH is 2. The summed E-state index contributed by atoms with van der Waals surface area (Å²) in [5.41, 5.74) is -0.247. The van der Waals surface area contributed by atoms with Crippen LogP contribution in [0.4, 0.5) is 0 Å². The van der Waals surface area contributed by atoms with Crippen LogP contribution in [0, 0.1) is 0 Å². The molecular formula is C81H68O25. The Labute approximate surface area is 605 Å². The number of aliphatic hydroxyl groups is 2. The maximum absolute atomic E-state index is 15.1. The van der Waals surface area contributed by atoms with Gasteiger partial charge in [-0.25, -0.2) is 43.2 Å². The Balaban J connectivity index is 1.02. The van der Waals surface area contributed by atoms with Crippen molar-refractivity contribution in [2.45, 2.75) is 92.1 Å². The lowest BCUT2D eigenvalue weighted by atomic mass is 9.95. The van der Waals surface area contributed by atoms with Gasteiger partial charge in [-0.15, -0.1) is 0 Å². The smallest absolute Gasteiger partial charge is 0.338 e. The number of esters is 9. The van der Waals surface area contributed by atoms with Gasteiger partial charge in [0.05, 0.1) is 50.1 Å². The van der Waals surface area contributed by atoms with Crippen molar-refractivity contribution in [3.05, 3.63) is 323 Å². The van der Waals surface area contributed by atoms with Gasteiger partial charge in [0, 0.05) is 0 Å². The second kappa shape index (κ2) is 35.4. The van der Waals surface area contributed by atoms with E-state index in [1.807, 2.05) is 0 Å². The highest BCUT2D eigenvalue weighted by Crippen LogP contribution is 2.39. The molecule has 0 spiro atoms. The molecule has 15 atom stereocenters. The topological polar surface area (TPSA) is 323 Å². The molecule has 3 fully saturated rings. The van der Waals surface area contributed by atoms with E-state index in [0.717, 1.165) is 0 Å². The highest BCUT2D eigenvalue weighted by Gasteiger charge is 2.60. The van der Waals surface area contributed by atoms with Crippen molar-refractivity contribution in [1.29, 1.82) is 0 Å². The molecule has 0 bridgehead atoms. The molecule has 0 amide bonds. The second-order valence-corrected chi connectivity index (χ2v) is 24.2. The Morgan fingerprint density at radius 3 is 0.726 bits per heavy atom. The molecule has 106 heavy (non-hydrogen) atoms. The van der Waals surface area contributed by atoms with Crippen molar-refractivity contribution < 1.29 is 120 Å². The summed E-state index contributed by atoms with van der Waals surface area (Å²) >= 11 is 0. The quantitative estimate of drug-likeness (QED) is 0.0397. The van der Waals surface area contributed by atoms with E-state index in [9.17, 15) is 48.6 Å². The molecule has 9 aromatic rings. The molecule has 3 heterocycles. The monoisotopic (exact) mass is 1440 g/mol. The predicted molar refractivity (Wildman–Crippen MR) is 368 cm³/mol. The maximum atomic E-state index is 15.1. The van der Waals surface area contributed by atoms with Gasteiger partial charge in [-0.05, 0) is 109 Å². The predicted octanol–water partition coefficient (Wildman–Crippen LogP) is 9.21. The van der Waals surface area contributed by atoms with Gasteiger partial charge < -0.3 is 76.5 Å². The number of carbonyl (C=O) groups excluding carboxylic acids is 9.